The lowest BCUT2D eigenvalue weighted by molar-refractivity contribution is -0.142. The molecule has 4 N–H and O–H groups in total. The Morgan fingerprint density at radius 1 is 1.10 bits per heavy atom. The third kappa shape index (κ3) is 4.05. The molecule has 3 aromatic carbocycles. The summed E-state index contributed by atoms with van der Waals surface area (Å²) in [7, 11) is 0. The van der Waals surface area contributed by atoms with E-state index in [-0.39, 0.29) is 12.4 Å². The van der Waals surface area contributed by atoms with Gasteiger partial charge >= 0.3 is 5.97 Å². The number of carbonyl (C=O) groups is 1. The van der Waals surface area contributed by atoms with E-state index in [9.17, 15) is 4.79 Å². The zero-order chi connectivity index (χ0) is 20.4. The highest BCUT2D eigenvalue weighted by atomic mass is 16.5. The molecule has 1 aliphatic heterocycles. The summed E-state index contributed by atoms with van der Waals surface area (Å²) in [5, 5.41) is 2.11. The molecule has 0 aromatic heterocycles. The fraction of sp³-hybridized carbons (Fsp3) is 0.292. The predicted octanol–water partition coefficient (Wildman–Crippen LogP) is 3.67. The minimum absolute atomic E-state index is 0.195. The number of rotatable bonds is 5. The summed E-state index contributed by atoms with van der Waals surface area (Å²) in [6.45, 7) is 4.97. The Labute approximate surface area is 171 Å². The van der Waals surface area contributed by atoms with Crippen LogP contribution in [0.5, 0.6) is 0 Å². The summed E-state index contributed by atoms with van der Waals surface area (Å²) in [6, 6.07) is 16.5. The van der Waals surface area contributed by atoms with Crippen LogP contribution in [0, 0.1) is 0 Å². The third-order valence-corrected chi connectivity index (χ3v) is 5.65. The van der Waals surface area contributed by atoms with E-state index in [1.807, 2.05) is 31.2 Å². The van der Waals surface area contributed by atoms with E-state index in [0.29, 0.717) is 12.3 Å². The Kier molecular flexibility index (Phi) is 5.41. The van der Waals surface area contributed by atoms with E-state index >= 15 is 0 Å². The summed E-state index contributed by atoms with van der Waals surface area (Å²) in [4.78, 5) is 14.4. The zero-order valence-corrected chi connectivity index (χ0v) is 16.8. The highest BCUT2D eigenvalue weighted by Gasteiger charge is 2.18. The van der Waals surface area contributed by atoms with Gasteiger partial charge in [0.1, 0.15) is 0 Å². The van der Waals surface area contributed by atoms with E-state index in [2.05, 4.69) is 29.2 Å². The first kappa shape index (κ1) is 19.3. The van der Waals surface area contributed by atoms with Crippen LogP contribution in [0.2, 0.25) is 0 Å². The van der Waals surface area contributed by atoms with E-state index in [1.165, 1.54) is 16.7 Å². The number of fused-ring (bicyclic) bond motifs is 2. The van der Waals surface area contributed by atoms with Gasteiger partial charge in [0.15, 0.2) is 0 Å². The summed E-state index contributed by atoms with van der Waals surface area (Å²) in [6.07, 6.45) is 1.18. The molecule has 0 bridgehead atoms. The highest BCUT2D eigenvalue weighted by molar-refractivity contribution is 5.93. The summed E-state index contributed by atoms with van der Waals surface area (Å²) >= 11 is 0. The molecule has 1 heterocycles. The van der Waals surface area contributed by atoms with Crippen molar-refractivity contribution in [2.45, 2.75) is 32.9 Å². The Balaban J connectivity index is 1.55. The van der Waals surface area contributed by atoms with Crippen LogP contribution in [0.25, 0.3) is 10.8 Å². The predicted molar refractivity (Wildman–Crippen MR) is 117 cm³/mol. The molecule has 4 rings (SSSR count). The molecule has 0 unspecified atom stereocenters. The van der Waals surface area contributed by atoms with Crippen LogP contribution in [-0.2, 0) is 35.5 Å². The number of ether oxygens (including phenoxy) is 1. The van der Waals surface area contributed by atoms with Crippen molar-refractivity contribution in [1.82, 2.24) is 4.90 Å². The second-order valence-electron chi connectivity index (χ2n) is 7.62. The SMILES string of the molecule is CCOC(=O)Cc1c(N)ccc2cc(CN3CCc4c(N)cccc4C3)ccc12. The van der Waals surface area contributed by atoms with Crippen molar-refractivity contribution in [1.29, 1.82) is 0 Å². The van der Waals surface area contributed by atoms with Gasteiger partial charge in [0, 0.05) is 31.0 Å². The summed E-state index contributed by atoms with van der Waals surface area (Å²) in [5.41, 5.74) is 18.5. The molecular weight excluding hydrogens is 362 g/mol. The standard InChI is InChI=1S/C24H27N3O2/c1-2-29-24(28)13-21-19-8-6-16(12-17(19)7-9-23(21)26)14-27-11-10-20-18(15-27)4-3-5-22(20)25/h3-9,12H,2,10-11,13-15,25-26H2,1H3. The molecule has 0 saturated heterocycles. The fourth-order valence-electron chi connectivity index (χ4n) is 4.20. The number of hydrogen-bond donors (Lipinski definition) is 2. The topological polar surface area (TPSA) is 81.6 Å². The van der Waals surface area contributed by atoms with Crippen LogP contribution in [-0.4, -0.2) is 24.0 Å². The Hall–Kier alpha value is -3.05. The van der Waals surface area contributed by atoms with Crippen LogP contribution >= 0.6 is 0 Å². The lowest BCUT2D eigenvalue weighted by Crippen LogP contribution is -2.30. The average Bonchev–Trinajstić information content (AvgIpc) is 2.70. The maximum atomic E-state index is 12.0. The minimum Gasteiger partial charge on any atom is -0.466 e. The minimum atomic E-state index is -0.248. The molecule has 3 aromatic rings. The summed E-state index contributed by atoms with van der Waals surface area (Å²) < 4.78 is 5.10. The van der Waals surface area contributed by atoms with Gasteiger partial charge in [-0.05, 0) is 64.6 Å². The van der Waals surface area contributed by atoms with E-state index in [0.717, 1.165) is 48.1 Å². The monoisotopic (exact) mass is 389 g/mol. The van der Waals surface area contributed by atoms with Crippen LogP contribution in [0.1, 0.15) is 29.2 Å². The van der Waals surface area contributed by atoms with E-state index in [4.69, 9.17) is 16.2 Å². The Bertz CT molecular complexity index is 1060. The second-order valence-corrected chi connectivity index (χ2v) is 7.62. The first-order valence-electron chi connectivity index (χ1n) is 10.1. The Morgan fingerprint density at radius 2 is 1.97 bits per heavy atom. The van der Waals surface area contributed by atoms with Gasteiger partial charge in [-0.2, -0.15) is 0 Å². The first-order chi connectivity index (χ1) is 14.0. The highest BCUT2D eigenvalue weighted by Crippen LogP contribution is 2.28. The maximum Gasteiger partial charge on any atom is 0.310 e. The van der Waals surface area contributed by atoms with Crippen molar-refractivity contribution < 1.29 is 9.53 Å². The van der Waals surface area contributed by atoms with Crippen molar-refractivity contribution in [2.75, 3.05) is 24.6 Å². The molecule has 0 amide bonds. The molecule has 5 nitrogen and oxygen atoms in total. The molecule has 1 aliphatic rings. The van der Waals surface area contributed by atoms with Crippen LogP contribution in [0.4, 0.5) is 11.4 Å². The Morgan fingerprint density at radius 3 is 2.79 bits per heavy atom. The molecule has 0 aliphatic carbocycles. The van der Waals surface area contributed by atoms with Gasteiger partial charge in [0.25, 0.3) is 0 Å². The second kappa shape index (κ2) is 8.13. The van der Waals surface area contributed by atoms with Gasteiger partial charge < -0.3 is 16.2 Å². The molecule has 5 heteroatoms. The summed E-state index contributed by atoms with van der Waals surface area (Å²) in [5.74, 6) is -0.248. The molecule has 0 spiro atoms. The van der Waals surface area contributed by atoms with Crippen LogP contribution in [0.15, 0.2) is 48.5 Å². The van der Waals surface area contributed by atoms with Crippen LogP contribution in [0.3, 0.4) is 0 Å². The maximum absolute atomic E-state index is 12.0. The van der Waals surface area contributed by atoms with Crippen molar-refractivity contribution in [3.63, 3.8) is 0 Å². The van der Waals surface area contributed by atoms with Gasteiger partial charge in [0.2, 0.25) is 0 Å². The lowest BCUT2D eigenvalue weighted by Gasteiger charge is -2.29. The molecule has 0 atom stereocenters. The van der Waals surface area contributed by atoms with Crippen molar-refractivity contribution >= 4 is 28.1 Å². The number of nitrogen functional groups attached to an aromatic ring is 2. The van der Waals surface area contributed by atoms with Crippen molar-refractivity contribution in [3.8, 4) is 0 Å². The van der Waals surface area contributed by atoms with Crippen LogP contribution < -0.4 is 11.5 Å². The number of carbonyl (C=O) groups excluding carboxylic acids is 1. The molecule has 0 radical (unpaired) electrons. The van der Waals surface area contributed by atoms with Gasteiger partial charge in [-0.3, -0.25) is 9.69 Å². The van der Waals surface area contributed by atoms with Gasteiger partial charge in [-0.15, -0.1) is 0 Å². The smallest absolute Gasteiger partial charge is 0.310 e. The molecule has 29 heavy (non-hydrogen) atoms. The first-order valence-corrected chi connectivity index (χ1v) is 10.1. The number of benzene rings is 3. The number of anilines is 2. The van der Waals surface area contributed by atoms with Crippen molar-refractivity contribution in [3.05, 3.63) is 70.8 Å². The average molecular weight is 389 g/mol. The van der Waals surface area contributed by atoms with Crippen molar-refractivity contribution in [2.24, 2.45) is 0 Å². The number of nitrogens with two attached hydrogens (primary N) is 2. The van der Waals surface area contributed by atoms with E-state index < -0.39 is 0 Å². The molecule has 150 valence electrons. The lowest BCUT2D eigenvalue weighted by atomic mass is 9.96. The molecule has 0 fully saturated rings. The number of esters is 1. The van der Waals surface area contributed by atoms with E-state index in [1.54, 1.807) is 0 Å². The largest absolute Gasteiger partial charge is 0.466 e. The van der Waals surface area contributed by atoms with Gasteiger partial charge in [-0.25, -0.2) is 0 Å². The molecular formula is C24H27N3O2. The number of hydrogen-bond acceptors (Lipinski definition) is 5. The fourth-order valence-corrected chi connectivity index (χ4v) is 4.20. The van der Waals surface area contributed by atoms with Gasteiger partial charge in [0.05, 0.1) is 13.0 Å². The quantitative estimate of drug-likeness (QED) is 0.514. The zero-order valence-electron chi connectivity index (χ0n) is 16.8. The third-order valence-electron chi connectivity index (χ3n) is 5.65. The number of nitrogens with zero attached hydrogens (tertiary/aromatic N) is 1. The molecule has 0 saturated carbocycles. The normalized spacial score (nSPS) is 14.0. The van der Waals surface area contributed by atoms with Gasteiger partial charge in [-0.1, -0.05) is 30.3 Å².